The van der Waals surface area contributed by atoms with Crippen LogP contribution < -0.4 is 10.2 Å². The number of anilines is 1. The second-order valence-electron chi connectivity index (χ2n) is 5.33. The Bertz CT molecular complexity index is 675. The van der Waals surface area contributed by atoms with E-state index in [2.05, 4.69) is 20.2 Å². The lowest BCUT2D eigenvalue weighted by molar-refractivity contribution is -0.384. The van der Waals surface area contributed by atoms with Crippen LogP contribution in [0.1, 0.15) is 12.8 Å². The summed E-state index contributed by atoms with van der Waals surface area (Å²) in [6, 6.07) is 5.04. The lowest BCUT2D eigenvalue weighted by atomic mass is 10.2. The van der Waals surface area contributed by atoms with Crippen molar-refractivity contribution in [2.75, 3.05) is 25.0 Å². The predicted molar refractivity (Wildman–Crippen MR) is 87.7 cm³/mol. The molecule has 1 N–H and O–H groups in total. The Balaban J connectivity index is 0.00000176. The molecule has 8 heteroatoms. The Morgan fingerprint density at radius 1 is 1.45 bits per heavy atom. The van der Waals surface area contributed by atoms with E-state index < -0.39 is 4.92 Å². The molecule has 0 radical (unpaired) electrons. The molecule has 2 aromatic rings. The third kappa shape index (κ3) is 3.42. The quantitative estimate of drug-likeness (QED) is 0.685. The molecule has 1 saturated heterocycles. The molecule has 0 saturated carbocycles. The largest absolute Gasteiger partial charge is 0.357 e. The molecule has 0 aliphatic carbocycles. The Kier molecular flexibility index (Phi) is 5.10. The number of benzene rings is 1. The van der Waals surface area contributed by atoms with Crippen LogP contribution >= 0.6 is 12.4 Å². The number of rotatable bonds is 4. The van der Waals surface area contributed by atoms with Crippen LogP contribution in [0.15, 0.2) is 24.4 Å². The monoisotopic (exact) mass is 323 g/mol. The van der Waals surface area contributed by atoms with Gasteiger partial charge < -0.3 is 10.2 Å². The maximum atomic E-state index is 10.8. The van der Waals surface area contributed by atoms with E-state index >= 15 is 0 Å². The standard InChI is InChI=1S/C14H17N5O2.ClH/c1-18(9-10-3-2-6-15-10)14-8-16-13-7-11(19(20)21)4-5-12(13)17-14;/h4-5,7-8,10,15H,2-3,6,9H2,1H3;1H. The van der Waals surface area contributed by atoms with Crippen molar-refractivity contribution in [2.45, 2.75) is 18.9 Å². The molecule has 118 valence electrons. The van der Waals surface area contributed by atoms with Crippen molar-refractivity contribution in [1.29, 1.82) is 0 Å². The number of halogens is 1. The van der Waals surface area contributed by atoms with Crippen LogP contribution in [0.5, 0.6) is 0 Å². The Hall–Kier alpha value is -1.99. The fraction of sp³-hybridized carbons (Fsp3) is 0.429. The van der Waals surface area contributed by atoms with Crippen LogP contribution in [0, 0.1) is 10.1 Å². The SMILES string of the molecule is CN(CC1CCCN1)c1cnc2cc([N+](=O)[O-])ccc2n1.Cl. The summed E-state index contributed by atoms with van der Waals surface area (Å²) in [5.74, 6) is 0.782. The molecule has 3 rings (SSSR count). The lowest BCUT2D eigenvalue weighted by Gasteiger charge is -2.22. The first-order chi connectivity index (χ1) is 10.1. The topological polar surface area (TPSA) is 84.2 Å². The van der Waals surface area contributed by atoms with E-state index in [9.17, 15) is 10.1 Å². The highest BCUT2D eigenvalue weighted by atomic mass is 35.5. The summed E-state index contributed by atoms with van der Waals surface area (Å²) >= 11 is 0. The van der Waals surface area contributed by atoms with Crippen molar-refractivity contribution >= 4 is 34.9 Å². The first kappa shape index (κ1) is 16.4. The minimum atomic E-state index is -0.424. The van der Waals surface area contributed by atoms with Gasteiger partial charge in [-0.25, -0.2) is 4.98 Å². The van der Waals surface area contributed by atoms with E-state index in [1.165, 1.54) is 25.0 Å². The van der Waals surface area contributed by atoms with Crippen LogP contribution in [0.25, 0.3) is 11.0 Å². The Morgan fingerprint density at radius 2 is 2.27 bits per heavy atom. The molecule has 22 heavy (non-hydrogen) atoms. The van der Waals surface area contributed by atoms with Crippen molar-refractivity contribution in [3.05, 3.63) is 34.5 Å². The highest BCUT2D eigenvalue weighted by Gasteiger charge is 2.17. The normalized spacial score (nSPS) is 17.2. The van der Waals surface area contributed by atoms with Gasteiger partial charge >= 0.3 is 0 Å². The van der Waals surface area contributed by atoms with Gasteiger partial charge in [0, 0.05) is 31.8 Å². The molecule has 0 spiro atoms. The molecule has 1 aromatic heterocycles. The zero-order valence-electron chi connectivity index (χ0n) is 12.2. The van der Waals surface area contributed by atoms with E-state index in [1.54, 1.807) is 12.3 Å². The van der Waals surface area contributed by atoms with E-state index in [0.29, 0.717) is 17.1 Å². The molecule has 1 atom stereocenters. The zero-order chi connectivity index (χ0) is 14.8. The molecule has 1 fully saturated rings. The number of likely N-dealkylation sites (N-methyl/N-ethyl adjacent to an activating group) is 1. The highest BCUT2D eigenvalue weighted by Crippen LogP contribution is 2.20. The first-order valence-electron chi connectivity index (χ1n) is 6.99. The summed E-state index contributed by atoms with van der Waals surface area (Å²) < 4.78 is 0. The van der Waals surface area contributed by atoms with E-state index in [-0.39, 0.29) is 18.1 Å². The minimum absolute atomic E-state index is 0. The van der Waals surface area contributed by atoms with Gasteiger partial charge in [-0.05, 0) is 25.5 Å². The molecule has 0 bridgehead atoms. The summed E-state index contributed by atoms with van der Waals surface area (Å²) in [6.45, 7) is 1.96. The molecular weight excluding hydrogens is 306 g/mol. The van der Waals surface area contributed by atoms with Crippen molar-refractivity contribution in [2.24, 2.45) is 0 Å². The van der Waals surface area contributed by atoms with Gasteiger partial charge in [-0.1, -0.05) is 0 Å². The zero-order valence-corrected chi connectivity index (χ0v) is 13.0. The van der Waals surface area contributed by atoms with E-state index in [0.717, 1.165) is 18.9 Å². The summed E-state index contributed by atoms with van der Waals surface area (Å²) in [7, 11) is 1.99. The number of nitrogens with zero attached hydrogens (tertiary/aromatic N) is 4. The summed E-state index contributed by atoms with van der Waals surface area (Å²) in [5, 5.41) is 14.2. The lowest BCUT2D eigenvalue weighted by Crippen LogP contribution is -2.35. The summed E-state index contributed by atoms with van der Waals surface area (Å²) in [4.78, 5) is 21.2. The third-order valence-electron chi connectivity index (χ3n) is 3.77. The second-order valence-corrected chi connectivity index (χ2v) is 5.33. The van der Waals surface area contributed by atoms with Crippen LogP contribution in [-0.4, -0.2) is 41.1 Å². The van der Waals surface area contributed by atoms with Crippen LogP contribution in [0.2, 0.25) is 0 Å². The van der Waals surface area contributed by atoms with Crippen molar-refractivity contribution in [3.63, 3.8) is 0 Å². The number of fused-ring (bicyclic) bond motifs is 1. The number of hydrogen-bond acceptors (Lipinski definition) is 6. The summed E-state index contributed by atoms with van der Waals surface area (Å²) in [6.07, 6.45) is 4.06. The number of nitro benzene ring substituents is 1. The van der Waals surface area contributed by atoms with Gasteiger partial charge in [0.05, 0.1) is 22.2 Å². The van der Waals surface area contributed by atoms with Gasteiger partial charge in [-0.2, -0.15) is 0 Å². The number of nitrogens with one attached hydrogen (secondary N) is 1. The molecule has 1 aromatic carbocycles. The van der Waals surface area contributed by atoms with Crippen LogP contribution in [-0.2, 0) is 0 Å². The van der Waals surface area contributed by atoms with Crippen molar-refractivity contribution in [3.8, 4) is 0 Å². The third-order valence-corrected chi connectivity index (χ3v) is 3.77. The molecule has 2 heterocycles. The number of nitro groups is 1. The average molecular weight is 324 g/mol. The van der Waals surface area contributed by atoms with Gasteiger partial charge in [-0.3, -0.25) is 15.1 Å². The number of aromatic nitrogens is 2. The average Bonchev–Trinajstić information content (AvgIpc) is 2.99. The minimum Gasteiger partial charge on any atom is -0.357 e. The van der Waals surface area contributed by atoms with Gasteiger partial charge in [0.25, 0.3) is 5.69 Å². The fourth-order valence-electron chi connectivity index (χ4n) is 2.62. The van der Waals surface area contributed by atoms with E-state index in [1.807, 2.05) is 7.05 Å². The van der Waals surface area contributed by atoms with E-state index in [4.69, 9.17) is 0 Å². The smallest absolute Gasteiger partial charge is 0.271 e. The van der Waals surface area contributed by atoms with Gasteiger partial charge in [0.15, 0.2) is 0 Å². The molecule has 7 nitrogen and oxygen atoms in total. The molecular formula is C14H18ClN5O2. The van der Waals surface area contributed by atoms with Crippen molar-refractivity contribution < 1.29 is 4.92 Å². The van der Waals surface area contributed by atoms with Crippen LogP contribution in [0.4, 0.5) is 11.5 Å². The summed E-state index contributed by atoms with van der Waals surface area (Å²) in [5.41, 5.74) is 1.25. The Labute approximate surface area is 134 Å². The Morgan fingerprint density at radius 3 is 2.95 bits per heavy atom. The maximum Gasteiger partial charge on any atom is 0.271 e. The van der Waals surface area contributed by atoms with Gasteiger partial charge in [0.1, 0.15) is 5.82 Å². The molecule has 1 aliphatic heterocycles. The highest BCUT2D eigenvalue weighted by molar-refractivity contribution is 5.85. The number of non-ortho nitro benzene ring substituents is 1. The number of hydrogen-bond donors (Lipinski definition) is 1. The molecule has 0 amide bonds. The first-order valence-corrected chi connectivity index (χ1v) is 6.99. The maximum absolute atomic E-state index is 10.8. The molecule has 1 aliphatic rings. The van der Waals surface area contributed by atoms with Crippen LogP contribution in [0.3, 0.4) is 0 Å². The van der Waals surface area contributed by atoms with Gasteiger partial charge in [-0.15, -0.1) is 12.4 Å². The molecule has 1 unspecified atom stereocenters. The van der Waals surface area contributed by atoms with Crippen molar-refractivity contribution in [1.82, 2.24) is 15.3 Å². The predicted octanol–water partition coefficient (Wildman–Crippen LogP) is 2.15. The van der Waals surface area contributed by atoms with Gasteiger partial charge in [0.2, 0.25) is 0 Å². The fourth-order valence-corrected chi connectivity index (χ4v) is 2.62. The second kappa shape index (κ2) is 6.85.